The highest BCUT2D eigenvalue weighted by Gasteiger charge is 2.17. The van der Waals surface area contributed by atoms with E-state index < -0.39 is 0 Å². The molecule has 0 fully saturated rings. The summed E-state index contributed by atoms with van der Waals surface area (Å²) in [6, 6.07) is 9.84. The molecule has 0 saturated heterocycles. The summed E-state index contributed by atoms with van der Waals surface area (Å²) in [5.41, 5.74) is 2.09. The topological polar surface area (TPSA) is 9.23 Å². The van der Waals surface area contributed by atoms with Gasteiger partial charge in [0.05, 0.1) is 20.1 Å². The van der Waals surface area contributed by atoms with E-state index in [1.165, 1.54) is 0 Å². The summed E-state index contributed by atoms with van der Waals surface area (Å²) in [6.45, 7) is 0. The zero-order valence-corrected chi connectivity index (χ0v) is 13.7. The fourth-order valence-electron chi connectivity index (χ4n) is 1.50. The number of ether oxygens (including phenoxy) is 1. The monoisotopic (exact) mass is 394 g/mol. The van der Waals surface area contributed by atoms with Gasteiger partial charge in [0.25, 0.3) is 0 Å². The highest BCUT2D eigenvalue weighted by Crippen LogP contribution is 2.41. The van der Waals surface area contributed by atoms with Gasteiger partial charge in [-0.1, -0.05) is 12.1 Å². The van der Waals surface area contributed by atoms with Crippen molar-refractivity contribution in [2.75, 3.05) is 7.11 Å². The van der Waals surface area contributed by atoms with E-state index in [2.05, 4.69) is 31.9 Å². The predicted octanol–water partition coefficient (Wildman–Crippen LogP) is 5.61. The normalized spacial score (nSPS) is 12.5. The van der Waals surface area contributed by atoms with Crippen molar-refractivity contribution in [3.05, 3.63) is 49.0 Å². The smallest absolute Gasteiger partial charge is 0.119 e. The molecule has 1 aromatic carbocycles. The molecule has 0 saturated carbocycles. The van der Waals surface area contributed by atoms with Crippen molar-refractivity contribution in [2.45, 2.75) is 5.38 Å². The second-order valence-electron chi connectivity index (χ2n) is 3.42. The van der Waals surface area contributed by atoms with E-state index in [0.29, 0.717) is 0 Å². The lowest BCUT2D eigenvalue weighted by Crippen LogP contribution is -1.93. The van der Waals surface area contributed by atoms with Gasteiger partial charge in [-0.2, -0.15) is 0 Å². The van der Waals surface area contributed by atoms with Crippen molar-refractivity contribution in [3.8, 4) is 5.75 Å². The van der Waals surface area contributed by atoms with Crippen LogP contribution in [0.3, 0.4) is 0 Å². The molecule has 1 heterocycles. The molecule has 1 atom stereocenters. The number of hydrogen-bond donors (Lipinski definition) is 0. The van der Waals surface area contributed by atoms with Crippen molar-refractivity contribution in [1.29, 1.82) is 0 Å². The Balaban J connectivity index is 2.36. The maximum absolute atomic E-state index is 6.48. The number of thiophene rings is 1. The van der Waals surface area contributed by atoms with Gasteiger partial charge >= 0.3 is 0 Å². The Bertz CT molecular complexity index is 527. The minimum Gasteiger partial charge on any atom is -0.497 e. The molecule has 2 aromatic rings. The molecule has 17 heavy (non-hydrogen) atoms. The van der Waals surface area contributed by atoms with Gasteiger partial charge in [-0.05, 0) is 55.6 Å². The average Bonchev–Trinajstić information content (AvgIpc) is 2.67. The summed E-state index contributed by atoms with van der Waals surface area (Å²) >= 11 is 15.1. The molecule has 0 aliphatic heterocycles. The molecule has 1 aromatic heterocycles. The maximum Gasteiger partial charge on any atom is 0.119 e. The van der Waals surface area contributed by atoms with Crippen LogP contribution in [0.5, 0.6) is 5.75 Å². The molecule has 0 N–H and O–H groups in total. The molecule has 2 rings (SSSR count). The third-order valence-corrected chi connectivity index (χ3v) is 5.22. The van der Waals surface area contributed by atoms with Gasteiger partial charge in [0.2, 0.25) is 0 Å². The molecule has 0 aliphatic rings. The van der Waals surface area contributed by atoms with Gasteiger partial charge in [-0.3, -0.25) is 0 Å². The lowest BCUT2D eigenvalue weighted by atomic mass is 10.1. The summed E-state index contributed by atoms with van der Waals surface area (Å²) in [7, 11) is 1.65. The van der Waals surface area contributed by atoms with Crippen LogP contribution in [0.15, 0.2) is 37.9 Å². The fourth-order valence-corrected chi connectivity index (χ4v) is 4.91. The van der Waals surface area contributed by atoms with Gasteiger partial charge in [0.1, 0.15) is 5.75 Å². The van der Waals surface area contributed by atoms with Crippen LogP contribution in [0.25, 0.3) is 0 Å². The Labute approximate surface area is 126 Å². The van der Waals surface area contributed by atoms with Crippen LogP contribution in [0.2, 0.25) is 0 Å². The Kier molecular flexibility index (Phi) is 4.53. The molecule has 1 unspecified atom stereocenters. The minimum atomic E-state index is -0.179. The van der Waals surface area contributed by atoms with Gasteiger partial charge in [0, 0.05) is 5.56 Å². The number of methoxy groups -OCH3 is 1. The number of benzene rings is 1. The fraction of sp³-hybridized carbons (Fsp3) is 0.167. The summed E-state index contributed by atoms with van der Waals surface area (Å²) in [6.07, 6.45) is 0. The zero-order chi connectivity index (χ0) is 12.4. The van der Waals surface area contributed by atoms with E-state index in [9.17, 15) is 0 Å². The second kappa shape index (κ2) is 5.74. The van der Waals surface area contributed by atoms with Crippen LogP contribution in [-0.4, -0.2) is 7.11 Å². The molecule has 0 spiro atoms. The van der Waals surface area contributed by atoms with Crippen LogP contribution < -0.4 is 4.74 Å². The lowest BCUT2D eigenvalue weighted by Gasteiger charge is -2.10. The maximum atomic E-state index is 6.48. The van der Waals surface area contributed by atoms with Gasteiger partial charge < -0.3 is 4.74 Å². The SMILES string of the molecule is COc1cccc(C(Cl)c2cc(Br)sc2Br)c1. The molecule has 0 radical (unpaired) electrons. The first-order valence-corrected chi connectivity index (χ1v) is 7.68. The van der Waals surface area contributed by atoms with E-state index in [1.807, 2.05) is 30.3 Å². The Morgan fingerprint density at radius 3 is 2.65 bits per heavy atom. The van der Waals surface area contributed by atoms with Gasteiger partial charge in [-0.15, -0.1) is 22.9 Å². The van der Waals surface area contributed by atoms with Crippen molar-refractivity contribution in [2.24, 2.45) is 0 Å². The minimum absolute atomic E-state index is 0.179. The predicted molar refractivity (Wildman–Crippen MR) is 80.4 cm³/mol. The van der Waals surface area contributed by atoms with Crippen molar-refractivity contribution in [3.63, 3.8) is 0 Å². The summed E-state index contributed by atoms with van der Waals surface area (Å²) in [5, 5.41) is -0.179. The van der Waals surface area contributed by atoms with Crippen LogP contribution in [0.1, 0.15) is 16.5 Å². The third kappa shape index (κ3) is 3.05. The molecular formula is C12H9Br2ClOS. The molecule has 5 heteroatoms. The molecule has 0 aliphatic carbocycles. The molecule has 0 bridgehead atoms. The van der Waals surface area contributed by atoms with Crippen molar-refractivity contribution in [1.82, 2.24) is 0 Å². The largest absolute Gasteiger partial charge is 0.497 e. The second-order valence-corrected chi connectivity index (χ2v) is 7.60. The van der Waals surface area contributed by atoms with Crippen LogP contribution in [-0.2, 0) is 0 Å². The first-order chi connectivity index (χ1) is 8.11. The lowest BCUT2D eigenvalue weighted by molar-refractivity contribution is 0.414. The first-order valence-electron chi connectivity index (χ1n) is 4.84. The van der Waals surface area contributed by atoms with Crippen molar-refractivity contribution >= 4 is 54.8 Å². The third-order valence-electron chi connectivity index (χ3n) is 2.34. The summed E-state index contributed by atoms with van der Waals surface area (Å²) in [5.74, 6) is 0.818. The quantitative estimate of drug-likeness (QED) is 0.613. The molecule has 0 amide bonds. The van der Waals surface area contributed by atoms with Gasteiger partial charge in [0.15, 0.2) is 0 Å². The number of hydrogen-bond acceptors (Lipinski definition) is 2. The summed E-state index contributed by atoms with van der Waals surface area (Å²) in [4.78, 5) is 0. The number of rotatable bonds is 3. The number of alkyl halides is 1. The van der Waals surface area contributed by atoms with E-state index in [1.54, 1.807) is 18.4 Å². The Hall–Kier alpha value is -0.0300. The average molecular weight is 397 g/mol. The van der Waals surface area contributed by atoms with Crippen molar-refractivity contribution < 1.29 is 4.74 Å². The summed E-state index contributed by atoms with van der Waals surface area (Å²) < 4.78 is 7.31. The Morgan fingerprint density at radius 2 is 2.06 bits per heavy atom. The van der Waals surface area contributed by atoms with E-state index in [4.69, 9.17) is 16.3 Å². The highest BCUT2D eigenvalue weighted by atomic mass is 79.9. The Morgan fingerprint density at radius 1 is 1.29 bits per heavy atom. The van der Waals surface area contributed by atoms with Crippen LogP contribution in [0.4, 0.5) is 0 Å². The molecule has 1 nitrogen and oxygen atoms in total. The first kappa shape index (κ1) is 13.4. The van der Waals surface area contributed by atoms with E-state index in [0.717, 1.165) is 24.4 Å². The number of halogens is 3. The zero-order valence-electron chi connectivity index (χ0n) is 8.91. The van der Waals surface area contributed by atoms with Crippen LogP contribution in [0, 0.1) is 0 Å². The van der Waals surface area contributed by atoms with E-state index in [-0.39, 0.29) is 5.38 Å². The van der Waals surface area contributed by atoms with Crippen LogP contribution >= 0.6 is 54.8 Å². The molecule has 90 valence electrons. The standard InChI is InChI=1S/C12H9Br2ClOS/c1-16-8-4-2-3-7(5-8)11(15)9-6-10(13)17-12(9)14/h2-6,11H,1H3. The molecular weight excluding hydrogens is 387 g/mol. The highest BCUT2D eigenvalue weighted by molar-refractivity contribution is 9.12. The van der Waals surface area contributed by atoms with E-state index >= 15 is 0 Å². The van der Waals surface area contributed by atoms with Gasteiger partial charge in [-0.25, -0.2) is 0 Å².